The van der Waals surface area contributed by atoms with Gasteiger partial charge in [-0.05, 0) is 30.7 Å². The monoisotopic (exact) mass is 214 g/mol. The average molecular weight is 214 g/mol. The minimum absolute atomic E-state index is 0.527. The first-order chi connectivity index (χ1) is 7.75. The third-order valence-electron chi connectivity index (χ3n) is 2.36. The van der Waals surface area contributed by atoms with Gasteiger partial charge in [0.1, 0.15) is 5.82 Å². The maximum absolute atomic E-state index is 5.51. The summed E-state index contributed by atoms with van der Waals surface area (Å²) in [5, 5.41) is 3.25. The Morgan fingerprint density at radius 1 is 1.25 bits per heavy atom. The predicted octanol–water partition coefficient (Wildman–Crippen LogP) is 1.98. The van der Waals surface area contributed by atoms with Gasteiger partial charge in [0.2, 0.25) is 0 Å². The zero-order valence-corrected chi connectivity index (χ0v) is 9.14. The Bertz CT molecular complexity index is 465. The third-order valence-corrected chi connectivity index (χ3v) is 2.36. The summed E-state index contributed by atoms with van der Waals surface area (Å²) in [7, 11) is 0. The number of aromatic nitrogens is 2. The Hall–Kier alpha value is -2.10. The summed E-state index contributed by atoms with van der Waals surface area (Å²) in [4.78, 5) is 8.31. The van der Waals surface area contributed by atoms with Gasteiger partial charge in [0.25, 0.3) is 0 Å². The SMILES string of the molecule is Cc1cccnc1CNc1ccc(N)nc1. The summed E-state index contributed by atoms with van der Waals surface area (Å²) in [6, 6.07) is 7.66. The molecule has 0 atom stereocenters. The van der Waals surface area contributed by atoms with E-state index >= 15 is 0 Å². The number of anilines is 2. The van der Waals surface area contributed by atoms with E-state index in [0.29, 0.717) is 12.4 Å². The summed E-state index contributed by atoms with van der Waals surface area (Å²) in [6.07, 6.45) is 3.51. The lowest BCUT2D eigenvalue weighted by molar-refractivity contribution is 1.02. The van der Waals surface area contributed by atoms with Crippen LogP contribution in [0, 0.1) is 6.92 Å². The lowest BCUT2D eigenvalue weighted by Gasteiger charge is -2.07. The summed E-state index contributed by atoms with van der Waals surface area (Å²) in [5.41, 5.74) is 8.67. The zero-order valence-electron chi connectivity index (χ0n) is 9.14. The van der Waals surface area contributed by atoms with Crippen molar-refractivity contribution in [3.8, 4) is 0 Å². The molecule has 0 saturated heterocycles. The Labute approximate surface area is 94.5 Å². The molecule has 82 valence electrons. The van der Waals surface area contributed by atoms with Crippen LogP contribution >= 0.6 is 0 Å². The molecule has 0 unspecified atom stereocenters. The van der Waals surface area contributed by atoms with Crippen LogP contribution in [-0.2, 0) is 6.54 Å². The smallest absolute Gasteiger partial charge is 0.123 e. The van der Waals surface area contributed by atoms with E-state index in [-0.39, 0.29) is 0 Å². The topological polar surface area (TPSA) is 63.8 Å². The lowest BCUT2D eigenvalue weighted by atomic mass is 10.2. The maximum atomic E-state index is 5.51. The molecule has 0 aromatic carbocycles. The van der Waals surface area contributed by atoms with Crippen molar-refractivity contribution in [3.05, 3.63) is 47.9 Å². The van der Waals surface area contributed by atoms with Gasteiger partial charge < -0.3 is 11.1 Å². The van der Waals surface area contributed by atoms with Crippen molar-refractivity contribution in [2.75, 3.05) is 11.1 Å². The molecule has 2 rings (SSSR count). The fourth-order valence-electron chi connectivity index (χ4n) is 1.40. The van der Waals surface area contributed by atoms with Crippen LogP contribution in [0.25, 0.3) is 0 Å². The number of aryl methyl sites for hydroxylation is 1. The molecule has 2 heterocycles. The fourth-order valence-corrected chi connectivity index (χ4v) is 1.40. The molecular formula is C12H14N4. The first-order valence-corrected chi connectivity index (χ1v) is 5.11. The van der Waals surface area contributed by atoms with Gasteiger partial charge in [0.05, 0.1) is 24.1 Å². The van der Waals surface area contributed by atoms with Gasteiger partial charge in [-0.3, -0.25) is 4.98 Å². The molecule has 0 aliphatic carbocycles. The first kappa shape index (κ1) is 10.4. The van der Waals surface area contributed by atoms with Crippen molar-refractivity contribution >= 4 is 11.5 Å². The van der Waals surface area contributed by atoms with Gasteiger partial charge in [0, 0.05) is 6.20 Å². The largest absolute Gasteiger partial charge is 0.384 e. The van der Waals surface area contributed by atoms with Crippen LogP contribution < -0.4 is 11.1 Å². The number of nitrogens with one attached hydrogen (secondary N) is 1. The molecule has 4 nitrogen and oxygen atoms in total. The van der Waals surface area contributed by atoms with Gasteiger partial charge in [0.15, 0.2) is 0 Å². The average Bonchev–Trinajstić information content (AvgIpc) is 2.30. The maximum Gasteiger partial charge on any atom is 0.123 e. The molecule has 16 heavy (non-hydrogen) atoms. The van der Waals surface area contributed by atoms with Gasteiger partial charge in [-0.2, -0.15) is 0 Å². The predicted molar refractivity (Wildman–Crippen MR) is 65.0 cm³/mol. The van der Waals surface area contributed by atoms with Crippen LogP contribution in [0.4, 0.5) is 11.5 Å². The number of nitrogens with two attached hydrogens (primary N) is 1. The van der Waals surface area contributed by atoms with Gasteiger partial charge in [-0.25, -0.2) is 4.98 Å². The molecule has 2 aromatic heterocycles. The van der Waals surface area contributed by atoms with Crippen molar-refractivity contribution in [2.45, 2.75) is 13.5 Å². The third kappa shape index (κ3) is 2.48. The van der Waals surface area contributed by atoms with Gasteiger partial charge >= 0.3 is 0 Å². The number of hydrogen-bond acceptors (Lipinski definition) is 4. The molecule has 2 aromatic rings. The van der Waals surface area contributed by atoms with E-state index in [9.17, 15) is 0 Å². The highest BCUT2D eigenvalue weighted by molar-refractivity contribution is 5.45. The quantitative estimate of drug-likeness (QED) is 0.820. The number of hydrogen-bond donors (Lipinski definition) is 2. The molecule has 0 bridgehead atoms. The molecule has 0 spiro atoms. The molecule has 3 N–H and O–H groups in total. The van der Waals surface area contributed by atoms with Crippen LogP contribution in [0.3, 0.4) is 0 Å². The van der Waals surface area contributed by atoms with Crippen LogP contribution in [0.2, 0.25) is 0 Å². The van der Waals surface area contributed by atoms with Crippen LogP contribution in [0.5, 0.6) is 0 Å². The highest BCUT2D eigenvalue weighted by Crippen LogP contribution is 2.10. The van der Waals surface area contributed by atoms with Crippen molar-refractivity contribution in [2.24, 2.45) is 0 Å². The van der Waals surface area contributed by atoms with Crippen molar-refractivity contribution in [1.82, 2.24) is 9.97 Å². The first-order valence-electron chi connectivity index (χ1n) is 5.11. The van der Waals surface area contributed by atoms with Crippen LogP contribution in [-0.4, -0.2) is 9.97 Å². The Morgan fingerprint density at radius 3 is 2.81 bits per heavy atom. The lowest BCUT2D eigenvalue weighted by Crippen LogP contribution is -2.03. The van der Waals surface area contributed by atoms with Crippen LogP contribution in [0.1, 0.15) is 11.3 Å². The summed E-state index contributed by atoms with van der Waals surface area (Å²) < 4.78 is 0. The molecule has 0 amide bonds. The minimum Gasteiger partial charge on any atom is -0.384 e. The van der Waals surface area contributed by atoms with Gasteiger partial charge in [-0.15, -0.1) is 0 Å². The normalized spacial score (nSPS) is 10.1. The highest BCUT2D eigenvalue weighted by atomic mass is 14.9. The Morgan fingerprint density at radius 2 is 2.12 bits per heavy atom. The molecule has 0 aliphatic heterocycles. The molecular weight excluding hydrogens is 200 g/mol. The van der Waals surface area contributed by atoms with Crippen LogP contribution in [0.15, 0.2) is 36.7 Å². The number of rotatable bonds is 3. The second-order valence-corrected chi connectivity index (χ2v) is 3.59. The summed E-state index contributed by atoms with van der Waals surface area (Å²) >= 11 is 0. The van der Waals surface area contributed by atoms with E-state index < -0.39 is 0 Å². The fraction of sp³-hybridized carbons (Fsp3) is 0.167. The molecule has 0 radical (unpaired) electrons. The number of pyridine rings is 2. The zero-order chi connectivity index (χ0) is 11.4. The second-order valence-electron chi connectivity index (χ2n) is 3.59. The van der Waals surface area contributed by atoms with Crippen molar-refractivity contribution < 1.29 is 0 Å². The Kier molecular flexibility index (Phi) is 3.00. The van der Waals surface area contributed by atoms with E-state index in [1.54, 1.807) is 18.5 Å². The Balaban J connectivity index is 2.02. The van der Waals surface area contributed by atoms with E-state index in [4.69, 9.17) is 5.73 Å². The van der Waals surface area contributed by atoms with Crippen molar-refractivity contribution in [3.63, 3.8) is 0 Å². The minimum atomic E-state index is 0.527. The summed E-state index contributed by atoms with van der Waals surface area (Å²) in [6.45, 7) is 2.74. The standard InChI is InChI=1S/C12H14N4/c1-9-3-2-6-14-11(9)8-15-10-4-5-12(13)16-7-10/h2-7,15H,8H2,1H3,(H2,13,16). The van der Waals surface area contributed by atoms with Gasteiger partial charge in [-0.1, -0.05) is 6.07 Å². The van der Waals surface area contributed by atoms with E-state index in [0.717, 1.165) is 11.4 Å². The van der Waals surface area contributed by atoms with E-state index in [1.165, 1.54) is 5.56 Å². The number of nitrogens with zero attached hydrogens (tertiary/aromatic N) is 2. The van der Waals surface area contributed by atoms with E-state index in [2.05, 4.69) is 15.3 Å². The molecule has 0 fully saturated rings. The summed E-state index contributed by atoms with van der Waals surface area (Å²) in [5.74, 6) is 0.527. The van der Waals surface area contributed by atoms with Crippen molar-refractivity contribution in [1.29, 1.82) is 0 Å². The number of nitrogen functional groups attached to an aromatic ring is 1. The molecule has 0 saturated carbocycles. The van der Waals surface area contributed by atoms with E-state index in [1.807, 2.05) is 25.1 Å². The molecule has 0 aliphatic rings. The highest BCUT2D eigenvalue weighted by Gasteiger charge is 1.98. The second kappa shape index (κ2) is 4.61. The molecule has 4 heteroatoms.